The van der Waals surface area contributed by atoms with Gasteiger partial charge < -0.3 is 9.52 Å². The molecule has 4 aliphatic rings. The Hall–Kier alpha value is -1.02. The molecular formula is C25H36O2. The van der Waals surface area contributed by atoms with Gasteiger partial charge in [-0.05, 0) is 105 Å². The van der Waals surface area contributed by atoms with Crippen LogP contribution in [0.3, 0.4) is 0 Å². The molecule has 1 heterocycles. The maximum Gasteiger partial charge on any atom is 0.110 e. The van der Waals surface area contributed by atoms with E-state index in [4.69, 9.17) is 4.42 Å². The molecule has 0 bridgehead atoms. The standard InChI is InChI=1S/C25H36O2/c1-16-18(23-5-4-14-27-23)10-12-25(3)20(16)9-7-19-21-8-6-17(15-26)24(21,2)13-11-22(19)25/h4-5,14,17-19,21-22,26H,6-13,15H2,1-3H3/t17?,18?,19-,21-,22+,24+,25-/m0/s1. The Labute approximate surface area is 164 Å². The minimum atomic E-state index is 0.397. The first-order valence-electron chi connectivity index (χ1n) is 11.3. The van der Waals surface area contributed by atoms with Crippen molar-refractivity contribution < 1.29 is 9.52 Å². The highest BCUT2D eigenvalue weighted by atomic mass is 16.3. The van der Waals surface area contributed by atoms with Gasteiger partial charge in [0.15, 0.2) is 0 Å². The second-order valence-electron chi connectivity index (χ2n) is 10.6. The Kier molecular flexibility index (Phi) is 4.17. The summed E-state index contributed by atoms with van der Waals surface area (Å²) in [5.41, 5.74) is 4.18. The van der Waals surface area contributed by atoms with Gasteiger partial charge in [-0.3, -0.25) is 0 Å². The second-order valence-corrected chi connectivity index (χ2v) is 10.6. The molecule has 0 radical (unpaired) electrons. The summed E-state index contributed by atoms with van der Waals surface area (Å²) >= 11 is 0. The van der Waals surface area contributed by atoms with Crippen molar-refractivity contribution in [1.29, 1.82) is 0 Å². The Morgan fingerprint density at radius 2 is 1.93 bits per heavy atom. The Bertz CT molecular complexity index is 732. The molecule has 0 aromatic carbocycles. The number of hydrogen-bond acceptors (Lipinski definition) is 2. The molecule has 2 nitrogen and oxygen atoms in total. The molecule has 0 amide bonds. The van der Waals surface area contributed by atoms with E-state index in [1.807, 2.05) is 12.3 Å². The van der Waals surface area contributed by atoms with Crippen LogP contribution >= 0.6 is 0 Å². The van der Waals surface area contributed by atoms with Gasteiger partial charge in [-0.1, -0.05) is 25.0 Å². The predicted molar refractivity (Wildman–Crippen MR) is 108 cm³/mol. The highest BCUT2D eigenvalue weighted by molar-refractivity contribution is 5.35. The highest BCUT2D eigenvalue weighted by Crippen LogP contribution is 2.67. The molecule has 1 N–H and O–H groups in total. The molecule has 0 aliphatic heterocycles. The molecule has 2 heteroatoms. The predicted octanol–water partition coefficient (Wildman–Crippen LogP) is 6.32. The van der Waals surface area contributed by atoms with Crippen molar-refractivity contribution in [2.45, 2.75) is 78.1 Å². The number of furan rings is 1. The fraction of sp³-hybridized carbons (Fsp3) is 0.760. The van der Waals surface area contributed by atoms with Crippen molar-refractivity contribution in [3.8, 4) is 0 Å². The van der Waals surface area contributed by atoms with Crippen LogP contribution in [0.15, 0.2) is 34.0 Å². The van der Waals surface area contributed by atoms with Gasteiger partial charge in [-0.2, -0.15) is 0 Å². The number of rotatable bonds is 2. The first-order chi connectivity index (χ1) is 13.0. The van der Waals surface area contributed by atoms with E-state index in [1.54, 1.807) is 11.1 Å². The van der Waals surface area contributed by atoms with Crippen molar-refractivity contribution in [2.24, 2.45) is 34.5 Å². The summed E-state index contributed by atoms with van der Waals surface area (Å²) in [6.45, 7) is 7.90. The minimum absolute atomic E-state index is 0.397. The monoisotopic (exact) mass is 368 g/mol. The number of allylic oxidation sites excluding steroid dienone is 2. The lowest BCUT2D eigenvalue weighted by Crippen LogP contribution is -2.51. The van der Waals surface area contributed by atoms with Crippen LogP contribution in [0.2, 0.25) is 0 Å². The maximum absolute atomic E-state index is 9.94. The van der Waals surface area contributed by atoms with E-state index in [2.05, 4.69) is 26.8 Å². The van der Waals surface area contributed by atoms with Crippen LogP contribution in [0.4, 0.5) is 0 Å². The largest absolute Gasteiger partial charge is 0.469 e. The van der Waals surface area contributed by atoms with E-state index in [-0.39, 0.29) is 0 Å². The van der Waals surface area contributed by atoms with E-state index >= 15 is 0 Å². The smallest absolute Gasteiger partial charge is 0.110 e. The molecule has 7 atom stereocenters. The second kappa shape index (κ2) is 6.24. The van der Waals surface area contributed by atoms with Crippen LogP contribution < -0.4 is 0 Å². The zero-order valence-corrected chi connectivity index (χ0v) is 17.3. The van der Waals surface area contributed by atoms with Gasteiger partial charge in [-0.15, -0.1) is 0 Å². The molecule has 148 valence electrons. The van der Waals surface area contributed by atoms with Gasteiger partial charge in [0.1, 0.15) is 5.76 Å². The summed E-state index contributed by atoms with van der Waals surface area (Å²) < 4.78 is 5.80. The maximum atomic E-state index is 9.94. The van der Waals surface area contributed by atoms with Crippen LogP contribution in [-0.2, 0) is 0 Å². The zero-order valence-electron chi connectivity index (χ0n) is 17.3. The Morgan fingerprint density at radius 3 is 2.67 bits per heavy atom. The van der Waals surface area contributed by atoms with E-state index in [9.17, 15) is 5.11 Å². The fourth-order valence-electron chi connectivity index (χ4n) is 8.41. The molecule has 3 saturated carbocycles. The first-order valence-corrected chi connectivity index (χ1v) is 11.3. The van der Waals surface area contributed by atoms with Gasteiger partial charge in [-0.25, -0.2) is 0 Å². The van der Waals surface area contributed by atoms with Crippen LogP contribution in [0.25, 0.3) is 0 Å². The average molecular weight is 369 g/mol. The third-order valence-electron chi connectivity index (χ3n) is 9.93. The van der Waals surface area contributed by atoms with Gasteiger partial charge >= 0.3 is 0 Å². The summed E-state index contributed by atoms with van der Waals surface area (Å²) in [6.07, 6.45) is 12.3. The zero-order chi connectivity index (χ0) is 18.8. The summed E-state index contributed by atoms with van der Waals surface area (Å²) in [7, 11) is 0. The van der Waals surface area contributed by atoms with E-state index in [0.29, 0.717) is 29.3 Å². The fourth-order valence-corrected chi connectivity index (χ4v) is 8.41. The lowest BCUT2D eigenvalue weighted by Gasteiger charge is -2.59. The quantitative estimate of drug-likeness (QED) is 0.619. The van der Waals surface area contributed by atoms with E-state index in [1.165, 1.54) is 57.1 Å². The third-order valence-corrected chi connectivity index (χ3v) is 9.93. The highest BCUT2D eigenvalue weighted by Gasteiger charge is 2.59. The topological polar surface area (TPSA) is 33.4 Å². The van der Waals surface area contributed by atoms with Gasteiger partial charge in [0.2, 0.25) is 0 Å². The summed E-state index contributed by atoms with van der Waals surface area (Å²) in [5.74, 6) is 4.78. The first kappa shape index (κ1) is 18.0. The molecule has 1 aromatic rings. The molecule has 5 rings (SSSR count). The van der Waals surface area contributed by atoms with Crippen molar-refractivity contribution >= 4 is 0 Å². The third kappa shape index (κ3) is 2.41. The van der Waals surface area contributed by atoms with E-state index in [0.717, 1.165) is 17.8 Å². The van der Waals surface area contributed by atoms with Gasteiger partial charge in [0.25, 0.3) is 0 Å². The molecular weight excluding hydrogens is 332 g/mol. The molecule has 1 aromatic heterocycles. The van der Waals surface area contributed by atoms with Gasteiger partial charge in [0, 0.05) is 12.5 Å². The average Bonchev–Trinajstić information content (AvgIpc) is 3.29. The van der Waals surface area contributed by atoms with Crippen molar-refractivity contribution in [1.82, 2.24) is 0 Å². The van der Waals surface area contributed by atoms with E-state index < -0.39 is 0 Å². The molecule has 0 spiro atoms. The lowest BCUT2D eigenvalue weighted by molar-refractivity contribution is -0.0594. The van der Waals surface area contributed by atoms with Crippen molar-refractivity contribution in [3.05, 3.63) is 35.3 Å². The summed E-state index contributed by atoms with van der Waals surface area (Å²) in [4.78, 5) is 0. The normalized spacial score (nSPS) is 46.7. The molecule has 27 heavy (non-hydrogen) atoms. The van der Waals surface area contributed by atoms with Crippen LogP contribution in [0.5, 0.6) is 0 Å². The number of aliphatic hydroxyl groups is 1. The summed E-state index contributed by atoms with van der Waals surface area (Å²) in [6, 6.07) is 4.21. The van der Waals surface area contributed by atoms with Crippen molar-refractivity contribution in [2.75, 3.05) is 6.61 Å². The van der Waals surface area contributed by atoms with Crippen LogP contribution in [-0.4, -0.2) is 11.7 Å². The van der Waals surface area contributed by atoms with Gasteiger partial charge in [0.05, 0.1) is 6.26 Å². The number of hydrogen-bond donors (Lipinski definition) is 1. The van der Waals surface area contributed by atoms with Crippen molar-refractivity contribution in [3.63, 3.8) is 0 Å². The number of fused-ring (bicyclic) bond motifs is 5. The molecule has 3 fully saturated rings. The Morgan fingerprint density at radius 1 is 1.07 bits per heavy atom. The molecule has 2 unspecified atom stereocenters. The molecule has 0 saturated heterocycles. The minimum Gasteiger partial charge on any atom is -0.469 e. The van der Waals surface area contributed by atoms with Crippen LogP contribution in [0, 0.1) is 34.5 Å². The van der Waals surface area contributed by atoms with Crippen LogP contribution in [0.1, 0.15) is 83.8 Å². The lowest BCUT2D eigenvalue weighted by atomic mass is 9.46. The summed E-state index contributed by atoms with van der Waals surface area (Å²) in [5, 5.41) is 9.94. The molecule has 4 aliphatic carbocycles. The SMILES string of the molecule is CC1=C2CC[C@@H]3[C@@H](CC[C@]4(C)C(CO)CC[C@@H]34)[C@@]2(C)CCC1c1ccco1. The Balaban J connectivity index is 1.48. The number of aliphatic hydroxyl groups excluding tert-OH is 1.